The fourth-order valence-corrected chi connectivity index (χ4v) is 2.42. The zero-order valence-corrected chi connectivity index (χ0v) is 12.1. The van der Waals surface area contributed by atoms with Gasteiger partial charge in [-0.05, 0) is 37.4 Å². The quantitative estimate of drug-likeness (QED) is 0.905. The molecule has 1 atom stereocenters. The van der Waals surface area contributed by atoms with Crippen molar-refractivity contribution in [1.29, 1.82) is 5.26 Å². The molecule has 1 heterocycles. The Labute approximate surface area is 122 Å². The molecule has 2 aromatic rings. The van der Waals surface area contributed by atoms with E-state index >= 15 is 0 Å². The van der Waals surface area contributed by atoms with Crippen LogP contribution in [0.15, 0.2) is 35.7 Å². The summed E-state index contributed by atoms with van der Waals surface area (Å²) in [6.07, 6.45) is 0. The minimum Gasteiger partial charge on any atom is -0.374 e. The van der Waals surface area contributed by atoms with Crippen LogP contribution in [0.4, 0.5) is 10.7 Å². The summed E-state index contributed by atoms with van der Waals surface area (Å²) in [5.41, 5.74) is 2.56. The average Bonchev–Trinajstić information content (AvgIpc) is 2.88. The number of rotatable bonds is 4. The molecule has 102 valence electrons. The van der Waals surface area contributed by atoms with E-state index in [9.17, 15) is 4.79 Å². The molecule has 20 heavy (non-hydrogen) atoms. The summed E-state index contributed by atoms with van der Waals surface area (Å²) >= 11 is 1.35. The molecule has 0 aliphatic heterocycles. The summed E-state index contributed by atoms with van der Waals surface area (Å²) in [6.45, 7) is 3.80. The Bertz CT molecular complexity index is 640. The zero-order chi connectivity index (χ0) is 14.5. The minimum absolute atomic E-state index is 0.162. The summed E-state index contributed by atoms with van der Waals surface area (Å²) in [7, 11) is 0. The van der Waals surface area contributed by atoms with E-state index in [4.69, 9.17) is 5.26 Å². The molecule has 1 aromatic heterocycles. The van der Waals surface area contributed by atoms with Crippen LogP contribution in [-0.2, 0) is 4.79 Å². The summed E-state index contributed by atoms with van der Waals surface area (Å²) in [4.78, 5) is 12.1. The van der Waals surface area contributed by atoms with Crippen LogP contribution in [0, 0.1) is 18.3 Å². The Balaban J connectivity index is 1.99. The van der Waals surface area contributed by atoms with Gasteiger partial charge in [0.15, 0.2) is 0 Å². The van der Waals surface area contributed by atoms with Gasteiger partial charge in [0.2, 0.25) is 5.91 Å². The van der Waals surface area contributed by atoms with Gasteiger partial charge in [-0.15, -0.1) is 11.3 Å². The van der Waals surface area contributed by atoms with Gasteiger partial charge in [-0.3, -0.25) is 4.79 Å². The summed E-state index contributed by atoms with van der Waals surface area (Å²) in [6, 6.07) is 11.2. The summed E-state index contributed by atoms with van der Waals surface area (Å²) in [5, 5.41) is 17.2. The van der Waals surface area contributed by atoms with E-state index in [2.05, 4.69) is 16.7 Å². The van der Waals surface area contributed by atoms with Crippen molar-refractivity contribution in [3.05, 3.63) is 46.8 Å². The normalized spacial score (nSPS) is 11.4. The molecule has 0 unspecified atom stereocenters. The van der Waals surface area contributed by atoms with Crippen LogP contribution in [0.5, 0.6) is 0 Å². The molecule has 2 rings (SSSR count). The predicted molar refractivity (Wildman–Crippen MR) is 81.9 cm³/mol. The molecule has 0 fully saturated rings. The maximum absolute atomic E-state index is 12.1. The first kappa shape index (κ1) is 14.1. The second-order valence-corrected chi connectivity index (χ2v) is 5.41. The third-order valence-electron chi connectivity index (χ3n) is 2.85. The maximum atomic E-state index is 12.1. The lowest BCUT2D eigenvalue weighted by Gasteiger charge is -2.15. The van der Waals surface area contributed by atoms with Crippen LogP contribution in [-0.4, -0.2) is 11.9 Å². The van der Waals surface area contributed by atoms with Crippen LogP contribution in [0.25, 0.3) is 0 Å². The molecule has 0 radical (unpaired) electrons. The van der Waals surface area contributed by atoms with E-state index in [0.717, 1.165) is 5.69 Å². The number of amides is 1. The Morgan fingerprint density at radius 1 is 1.30 bits per heavy atom. The van der Waals surface area contributed by atoms with E-state index in [1.807, 2.05) is 31.2 Å². The molecular weight excluding hydrogens is 270 g/mol. The van der Waals surface area contributed by atoms with E-state index < -0.39 is 0 Å². The number of anilines is 2. The lowest BCUT2D eigenvalue weighted by molar-refractivity contribution is -0.116. The number of carbonyl (C=O) groups is 1. The Morgan fingerprint density at radius 2 is 2.00 bits per heavy atom. The third kappa shape index (κ3) is 3.37. The van der Waals surface area contributed by atoms with Gasteiger partial charge < -0.3 is 10.6 Å². The molecule has 0 bridgehead atoms. The number of nitrogens with zero attached hydrogens (tertiary/aromatic N) is 1. The van der Waals surface area contributed by atoms with Crippen molar-refractivity contribution in [2.24, 2.45) is 0 Å². The second kappa shape index (κ2) is 6.22. The minimum atomic E-state index is -0.383. The number of hydrogen-bond acceptors (Lipinski definition) is 4. The molecular formula is C15H15N3OS. The van der Waals surface area contributed by atoms with Crippen molar-refractivity contribution >= 4 is 27.9 Å². The maximum Gasteiger partial charge on any atom is 0.247 e. The first-order valence-electron chi connectivity index (χ1n) is 6.22. The molecule has 1 amide bonds. The molecule has 0 aliphatic rings. The highest BCUT2D eigenvalue weighted by Crippen LogP contribution is 2.22. The van der Waals surface area contributed by atoms with Crippen LogP contribution >= 0.6 is 11.3 Å². The zero-order valence-electron chi connectivity index (χ0n) is 11.3. The Kier molecular flexibility index (Phi) is 4.38. The number of benzene rings is 1. The standard InChI is InChI=1S/C15H15N3OS/c1-10-3-5-13(6-4-10)17-11(2)14(19)18-15-12(9-16)7-8-20-15/h3-8,11,17H,1-2H3,(H,18,19)/t11-/m1/s1. The highest BCUT2D eigenvalue weighted by molar-refractivity contribution is 7.14. The van der Waals surface area contributed by atoms with Crippen molar-refractivity contribution in [2.75, 3.05) is 10.6 Å². The average molecular weight is 285 g/mol. The molecule has 4 nitrogen and oxygen atoms in total. The van der Waals surface area contributed by atoms with Gasteiger partial charge in [-0.1, -0.05) is 17.7 Å². The highest BCUT2D eigenvalue weighted by Gasteiger charge is 2.15. The largest absolute Gasteiger partial charge is 0.374 e. The fraction of sp³-hybridized carbons (Fsp3) is 0.200. The number of carbonyl (C=O) groups excluding carboxylic acids is 1. The van der Waals surface area contributed by atoms with Gasteiger partial charge in [-0.2, -0.15) is 5.26 Å². The molecule has 1 aromatic carbocycles. The van der Waals surface area contributed by atoms with Crippen LogP contribution in [0.1, 0.15) is 18.1 Å². The number of aryl methyl sites for hydroxylation is 1. The first-order chi connectivity index (χ1) is 9.60. The van der Waals surface area contributed by atoms with Crippen molar-refractivity contribution in [3.8, 4) is 6.07 Å². The molecule has 0 saturated heterocycles. The Hall–Kier alpha value is -2.32. The lowest BCUT2D eigenvalue weighted by Crippen LogP contribution is -2.31. The smallest absolute Gasteiger partial charge is 0.247 e. The number of nitriles is 1. The van der Waals surface area contributed by atoms with Crippen molar-refractivity contribution in [3.63, 3.8) is 0 Å². The van der Waals surface area contributed by atoms with Crippen LogP contribution < -0.4 is 10.6 Å². The van der Waals surface area contributed by atoms with Crippen LogP contribution in [0.3, 0.4) is 0 Å². The Morgan fingerprint density at radius 3 is 2.65 bits per heavy atom. The lowest BCUT2D eigenvalue weighted by atomic mass is 10.2. The number of nitrogens with one attached hydrogen (secondary N) is 2. The topological polar surface area (TPSA) is 64.9 Å². The summed E-state index contributed by atoms with van der Waals surface area (Å²) < 4.78 is 0. The molecule has 0 spiro atoms. The van der Waals surface area contributed by atoms with Crippen molar-refractivity contribution < 1.29 is 4.79 Å². The first-order valence-corrected chi connectivity index (χ1v) is 7.10. The van der Waals surface area contributed by atoms with Crippen LogP contribution in [0.2, 0.25) is 0 Å². The highest BCUT2D eigenvalue weighted by atomic mass is 32.1. The molecule has 5 heteroatoms. The third-order valence-corrected chi connectivity index (χ3v) is 3.68. The van der Waals surface area contributed by atoms with Gasteiger partial charge in [0.25, 0.3) is 0 Å². The van der Waals surface area contributed by atoms with E-state index in [0.29, 0.717) is 10.6 Å². The monoisotopic (exact) mass is 285 g/mol. The van der Waals surface area contributed by atoms with E-state index in [1.54, 1.807) is 18.4 Å². The number of thiophene rings is 1. The molecule has 0 aliphatic carbocycles. The molecule has 0 saturated carbocycles. The summed E-state index contributed by atoms with van der Waals surface area (Å²) in [5.74, 6) is -0.162. The number of hydrogen-bond donors (Lipinski definition) is 2. The second-order valence-electron chi connectivity index (χ2n) is 4.50. The fourth-order valence-electron chi connectivity index (χ4n) is 1.68. The van der Waals surface area contributed by atoms with Crippen molar-refractivity contribution in [2.45, 2.75) is 19.9 Å². The van der Waals surface area contributed by atoms with E-state index in [1.165, 1.54) is 16.9 Å². The SMILES string of the molecule is Cc1ccc(N[C@H](C)C(=O)Nc2sccc2C#N)cc1. The van der Waals surface area contributed by atoms with E-state index in [-0.39, 0.29) is 11.9 Å². The molecule has 2 N–H and O–H groups in total. The van der Waals surface area contributed by atoms with Gasteiger partial charge in [0, 0.05) is 5.69 Å². The van der Waals surface area contributed by atoms with Gasteiger partial charge in [0.05, 0.1) is 5.56 Å². The van der Waals surface area contributed by atoms with Crippen molar-refractivity contribution in [1.82, 2.24) is 0 Å². The van der Waals surface area contributed by atoms with Gasteiger partial charge in [-0.25, -0.2) is 0 Å². The van der Waals surface area contributed by atoms with Gasteiger partial charge >= 0.3 is 0 Å². The van der Waals surface area contributed by atoms with Gasteiger partial charge in [0.1, 0.15) is 17.1 Å². The predicted octanol–water partition coefficient (Wildman–Crippen LogP) is 3.37.